The van der Waals surface area contributed by atoms with Crippen molar-refractivity contribution >= 4 is 50.2 Å². The van der Waals surface area contributed by atoms with E-state index in [1.165, 1.54) is 16.2 Å². The zero-order valence-electron chi connectivity index (χ0n) is 18.1. The molecule has 170 valence electrons. The van der Waals surface area contributed by atoms with Crippen LogP contribution in [-0.2, 0) is 14.3 Å². The fraction of sp³-hybridized carbons (Fsp3) is 0.115. The van der Waals surface area contributed by atoms with Gasteiger partial charge in [-0.05, 0) is 35.7 Å². The maximum atomic E-state index is 13.2. The van der Waals surface area contributed by atoms with Gasteiger partial charge in [-0.25, -0.2) is 9.78 Å². The molecule has 1 unspecified atom stereocenters. The lowest BCUT2D eigenvalue weighted by Crippen LogP contribution is -2.31. The van der Waals surface area contributed by atoms with Crippen LogP contribution < -0.4 is 4.90 Å². The van der Waals surface area contributed by atoms with Crippen LogP contribution >= 0.6 is 22.9 Å². The summed E-state index contributed by atoms with van der Waals surface area (Å²) in [5.74, 6) is -2.09. The Morgan fingerprint density at radius 3 is 2.44 bits per heavy atom. The first-order chi connectivity index (χ1) is 16.5. The van der Waals surface area contributed by atoms with Gasteiger partial charge in [0.05, 0.1) is 16.3 Å². The van der Waals surface area contributed by atoms with E-state index in [-0.39, 0.29) is 12.2 Å². The standard InChI is InChI=1S/C26H19ClN2O4S/c1-2-33-25(32)20-22(17-13-11-16(12-14-17)15-7-4-3-5-8-15)29(24(31)23(20)30)26-28-21-18(27)9-6-10-19(21)34-26/h3-14,22,30H,2H2,1H3. The van der Waals surface area contributed by atoms with Gasteiger partial charge >= 0.3 is 5.97 Å². The van der Waals surface area contributed by atoms with Crippen molar-refractivity contribution in [3.63, 3.8) is 0 Å². The minimum absolute atomic E-state index is 0.107. The molecule has 1 aliphatic heterocycles. The van der Waals surface area contributed by atoms with Crippen LogP contribution in [0.4, 0.5) is 5.13 Å². The topological polar surface area (TPSA) is 79.7 Å². The van der Waals surface area contributed by atoms with Crippen LogP contribution in [0.1, 0.15) is 18.5 Å². The summed E-state index contributed by atoms with van der Waals surface area (Å²) in [6, 6.07) is 21.9. The Balaban J connectivity index is 1.62. The summed E-state index contributed by atoms with van der Waals surface area (Å²) < 4.78 is 5.97. The number of nitrogens with zero attached hydrogens (tertiary/aromatic N) is 2. The van der Waals surface area contributed by atoms with Gasteiger partial charge in [0.15, 0.2) is 10.9 Å². The summed E-state index contributed by atoms with van der Waals surface area (Å²) in [6.45, 7) is 1.78. The number of halogens is 1. The lowest BCUT2D eigenvalue weighted by Gasteiger charge is -2.24. The summed E-state index contributed by atoms with van der Waals surface area (Å²) in [4.78, 5) is 31.9. The highest BCUT2D eigenvalue weighted by atomic mass is 35.5. The number of aliphatic hydroxyl groups is 1. The summed E-state index contributed by atoms with van der Waals surface area (Å²) in [5, 5.41) is 11.5. The van der Waals surface area contributed by atoms with Crippen LogP contribution in [0.3, 0.4) is 0 Å². The van der Waals surface area contributed by atoms with Gasteiger partial charge in [-0.1, -0.05) is 83.6 Å². The average Bonchev–Trinajstić information content (AvgIpc) is 3.40. The van der Waals surface area contributed by atoms with Crippen molar-refractivity contribution in [3.05, 3.63) is 94.7 Å². The Morgan fingerprint density at radius 1 is 1.06 bits per heavy atom. The maximum absolute atomic E-state index is 13.2. The molecule has 0 saturated heterocycles. The monoisotopic (exact) mass is 490 g/mol. The zero-order valence-corrected chi connectivity index (χ0v) is 19.6. The van der Waals surface area contributed by atoms with E-state index in [2.05, 4.69) is 4.98 Å². The van der Waals surface area contributed by atoms with Crippen molar-refractivity contribution in [2.75, 3.05) is 11.5 Å². The van der Waals surface area contributed by atoms with Gasteiger partial charge in [0.1, 0.15) is 17.1 Å². The van der Waals surface area contributed by atoms with E-state index < -0.39 is 23.7 Å². The molecule has 0 fully saturated rings. The molecule has 1 aliphatic rings. The van der Waals surface area contributed by atoms with E-state index >= 15 is 0 Å². The lowest BCUT2D eigenvalue weighted by molar-refractivity contribution is -0.139. The van der Waals surface area contributed by atoms with Crippen molar-refractivity contribution in [2.45, 2.75) is 13.0 Å². The first-order valence-corrected chi connectivity index (χ1v) is 11.8. The molecule has 0 aliphatic carbocycles. The third-order valence-corrected chi connectivity index (χ3v) is 6.93. The molecule has 5 rings (SSSR count). The number of rotatable bonds is 5. The lowest BCUT2D eigenvalue weighted by atomic mass is 9.96. The quantitative estimate of drug-likeness (QED) is 0.343. The Kier molecular flexibility index (Phi) is 5.81. The normalized spacial score (nSPS) is 15.9. The van der Waals surface area contributed by atoms with Crippen LogP contribution in [0.5, 0.6) is 0 Å². The molecule has 2 heterocycles. The second kappa shape index (κ2) is 8.93. The Bertz CT molecular complexity index is 1430. The largest absolute Gasteiger partial charge is 0.503 e. The minimum Gasteiger partial charge on any atom is -0.503 e. The molecule has 1 aromatic heterocycles. The predicted octanol–water partition coefficient (Wildman–Crippen LogP) is 6.08. The van der Waals surface area contributed by atoms with Crippen LogP contribution in [-0.4, -0.2) is 28.6 Å². The molecule has 0 bridgehead atoms. The smallest absolute Gasteiger partial charge is 0.340 e. The Hall–Kier alpha value is -3.68. The summed E-state index contributed by atoms with van der Waals surface area (Å²) in [5.41, 5.74) is 3.12. The van der Waals surface area contributed by atoms with Crippen molar-refractivity contribution in [1.29, 1.82) is 0 Å². The zero-order chi connectivity index (χ0) is 23.8. The van der Waals surface area contributed by atoms with E-state index in [0.29, 0.717) is 21.2 Å². The van der Waals surface area contributed by atoms with Gasteiger partial charge in [0, 0.05) is 0 Å². The molecule has 34 heavy (non-hydrogen) atoms. The van der Waals surface area contributed by atoms with Crippen LogP contribution in [0, 0.1) is 0 Å². The SMILES string of the molecule is CCOC(=O)C1=C(O)C(=O)N(c2nc3c(Cl)cccc3s2)C1c1ccc(-c2ccccc2)cc1. The number of esters is 1. The molecule has 3 aromatic carbocycles. The van der Waals surface area contributed by atoms with Gasteiger partial charge in [-0.15, -0.1) is 0 Å². The molecule has 8 heteroatoms. The summed E-state index contributed by atoms with van der Waals surface area (Å²) >= 11 is 7.56. The fourth-order valence-corrected chi connectivity index (χ4v) is 5.32. The van der Waals surface area contributed by atoms with Crippen molar-refractivity contribution in [3.8, 4) is 11.1 Å². The first-order valence-electron chi connectivity index (χ1n) is 10.6. The number of hydrogen-bond acceptors (Lipinski definition) is 6. The van der Waals surface area contributed by atoms with E-state index in [0.717, 1.165) is 15.8 Å². The van der Waals surface area contributed by atoms with Crippen molar-refractivity contribution < 1.29 is 19.4 Å². The van der Waals surface area contributed by atoms with E-state index in [1.807, 2.05) is 60.7 Å². The Morgan fingerprint density at radius 2 is 1.76 bits per heavy atom. The molecule has 1 atom stereocenters. The number of thiazole rings is 1. The number of carbonyl (C=O) groups excluding carboxylic acids is 2. The number of hydrogen-bond donors (Lipinski definition) is 1. The van der Waals surface area contributed by atoms with Crippen molar-refractivity contribution in [1.82, 2.24) is 4.98 Å². The van der Waals surface area contributed by atoms with Crippen LogP contribution in [0.15, 0.2) is 84.1 Å². The third-order valence-electron chi connectivity index (χ3n) is 5.60. The second-order valence-corrected chi connectivity index (χ2v) is 9.05. The van der Waals surface area contributed by atoms with Crippen LogP contribution in [0.25, 0.3) is 21.3 Å². The average molecular weight is 491 g/mol. The number of ether oxygens (including phenoxy) is 1. The summed E-state index contributed by atoms with van der Waals surface area (Å²) in [6.07, 6.45) is 0. The van der Waals surface area contributed by atoms with Gasteiger partial charge in [0.2, 0.25) is 0 Å². The number of fused-ring (bicyclic) bond motifs is 1. The van der Waals surface area contributed by atoms with Gasteiger partial charge in [0.25, 0.3) is 5.91 Å². The fourth-order valence-electron chi connectivity index (χ4n) is 4.03. The predicted molar refractivity (Wildman–Crippen MR) is 133 cm³/mol. The van der Waals surface area contributed by atoms with E-state index in [9.17, 15) is 14.7 Å². The number of amides is 1. The molecular formula is C26H19ClN2O4S. The van der Waals surface area contributed by atoms with Crippen molar-refractivity contribution in [2.24, 2.45) is 0 Å². The van der Waals surface area contributed by atoms with Gasteiger partial charge in [-0.2, -0.15) is 0 Å². The number of para-hydroxylation sites is 1. The molecule has 1 amide bonds. The van der Waals surface area contributed by atoms with Crippen LogP contribution in [0.2, 0.25) is 5.02 Å². The van der Waals surface area contributed by atoms with E-state index in [4.69, 9.17) is 16.3 Å². The van der Waals surface area contributed by atoms with Gasteiger partial charge < -0.3 is 9.84 Å². The van der Waals surface area contributed by atoms with Gasteiger partial charge in [-0.3, -0.25) is 9.69 Å². The molecular weight excluding hydrogens is 472 g/mol. The number of aliphatic hydroxyl groups excluding tert-OH is 1. The number of benzene rings is 3. The molecule has 0 spiro atoms. The third kappa shape index (κ3) is 3.73. The highest BCUT2D eigenvalue weighted by molar-refractivity contribution is 7.22. The molecule has 0 saturated carbocycles. The first kappa shape index (κ1) is 22.1. The molecule has 4 aromatic rings. The highest BCUT2D eigenvalue weighted by Gasteiger charge is 2.46. The number of anilines is 1. The minimum atomic E-state index is -0.893. The number of carbonyl (C=O) groups is 2. The molecule has 6 nitrogen and oxygen atoms in total. The summed E-state index contributed by atoms with van der Waals surface area (Å²) in [7, 11) is 0. The molecule has 1 N–H and O–H groups in total. The van der Waals surface area contributed by atoms with E-state index in [1.54, 1.807) is 19.1 Å². The number of aromatic nitrogens is 1. The molecule has 0 radical (unpaired) electrons. The Labute approximate surface area is 204 Å². The highest BCUT2D eigenvalue weighted by Crippen LogP contribution is 2.44. The second-order valence-electron chi connectivity index (χ2n) is 7.63. The maximum Gasteiger partial charge on any atom is 0.340 e.